The molecule has 0 spiro atoms. The molecule has 96 valence electrons. The summed E-state index contributed by atoms with van der Waals surface area (Å²) in [7, 11) is 0. The molecule has 6 heteroatoms. The van der Waals surface area contributed by atoms with Crippen molar-refractivity contribution in [1.82, 2.24) is 0 Å². The highest BCUT2D eigenvalue weighted by atomic mass is 79.9. The molecule has 2 rings (SSSR count). The van der Waals surface area contributed by atoms with Crippen molar-refractivity contribution in [2.45, 2.75) is 12.8 Å². The normalized spacial score (nSPS) is 11.8. The average molecular weight is 337 g/mol. The Morgan fingerprint density at radius 1 is 1.17 bits per heavy atom. The second-order valence-corrected chi connectivity index (χ2v) is 5.61. The van der Waals surface area contributed by atoms with Crippen LogP contribution < -0.4 is 0 Å². The molecule has 1 aromatic carbocycles. The maximum absolute atomic E-state index is 12.4. The van der Waals surface area contributed by atoms with Crippen molar-refractivity contribution in [1.29, 1.82) is 0 Å². The minimum atomic E-state index is -4.31. The van der Waals surface area contributed by atoms with E-state index in [1.807, 2.05) is 0 Å². The van der Waals surface area contributed by atoms with E-state index >= 15 is 0 Å². The molecule has 0 unspecified atom stereocenters. The Balaban J connectivity index is 2.34. The summed E-state index contributed by atoms with van der Waals surface area (Å²) in [5.74, 6) is 0. The third-order valence-corrected chi connectivity index (χ3v) is 4.54. The first-order valence-corrected chi connectivity index (χ1v) is 6.59. The van der Waals surface area contributed by atoms with Crippen LogP contribution in [0.1, 0.15) is 10.4 Å². The number of alkyl halides is 3. The van der Waals surface area contributed by atoms with Gasteiger partial charge in [-0.15, -0.1) is 11.3 Å². The van der Waals surface area contributed by atoms with Gasteiger partial charge in [0.25, 0.3) is 0 Å². The van der Waals surface area contributed by atoms with Gasteiger partial charge >= 0.3 is 6.18 Å². The maximum Gasteiger partial charge on any atom is 0.416 e. The van der Waals surface area contributed by atoms with Crippen LogP contribution in [0.15, 0.2) is 34.8 Å². The summed E-state index contributed by atoms with van der Waals surface area (Å²) in [5.41, 5.74) is 0.0395. The quantitative estimate of drug-likeness (QED) is 0.843. The smallest absolute Gasteiger partial charge is 0.391 e. The summed E-state index contributed by atoms with van der Waals surface area (Å²) in [5, 5.41) is 9.06. The lowest BCUT2D eigenvalue weighted by Gasteiger charge is -2.06. The zero-order valence-electron chi connectivity index (χ0n) is 8.96. The molecule has 0 saturated heterocycles. The lowest BCUT2D eigenvalue weighted by molar-refractivity contribution is -0.137. The van der Waals surface area contributed by atoms with Crippen LogP contribution in [0.25, 0.3) is 10.4 Å². The summed E-state index contributed by atoms with van der Waals surface area (Å²) in [6.07, 6.45) is -4.31. The summed E-state index contributed by atoms with van der Waals surface area (Å²) in [4.78, 5) is 1.57. The standard InChI is InChI=1S/C12H8BrF3OS/c13-9-5-10(18-11(9)6-17)7-1-3-8(4-2-7)12(14,15)16/h1-5,17H,6H2. The van der Waals surface area contributed by atoms with Crippen molar-refractivity contribution < 1.29 is 18.3 Å². The topological polar surface area (TPSA) is 20.2 Å². The molecule has 0 atom stereocenters. The summed E-state index contributed by atoms with van der Waals surface area (Å²) < 4.78 is 38.0. The van der Waals surface area contributed by atoms with Crippen LogP contribution in [0.5, 0.6) is 0 Å². The number of rotatable bonds is 2. The van der Waals surface area contributed by atoms with Crippen LogP contribution in [-0.2, 0) is 12.8 Å². The molecule has 0 amide bonds. The third kappa shape index (κ3) is 2.76. The molecular weight excluding hydrogens is 329 g/mol. The zero-order valence-corrected chi connectivity index (χ0v) is 11.4. The first-order chi connectivity index (χ1) is 8.41. The fraction of sp³-hybridized carbons (Fsp3) is 0.167. The lowest BCUT2D eigenvalue weighted by Crippen LogP contribution is -2.03. The SMILES string of the molecule is OCc1sc(-c2ccc(C(F)(F)F)cc2)cc1Br. The molecule has 0 aliphatic carbocycles. The van der Waals surface area contributed by atoms with E-state index in [0.717, 1.165) is 26.4 Å². The van der Waals surface area contributed by atoms with Gasteiger partial charge in [-0.3, -0.25) is 0 Å². The maximum atomic E-state index is 12.4. The molecule has 0 bridgehead atoms. The molecular formula is C12H8BrF3OS. The van der Waals surface area contributed by atoms with E-state index in [4.69, 9.17) is 5.11 Å². The molecule has 1 nitrogen and oxygen atoms in total. The molecule has 0 radical (unpaired) electrons. The van der Waals surface area contributed by atoms with Gasteiger partial charge in [-0.1, -0.05) is 12.1 Å². The van der Waals surface area contributed by atoms with Crippen molar-refractivity contribution in [2.24, 2.45) is 0 Å². The Hall–Kier alpha value is -0.850. The van der Waals surface area contributed by atoms with Gasteiger partial charge in [0.1, 0.15) is 0 Å². The highest BCUT2D eigenvalue weighted by molar-refractivity contribution is 9.10. The number of aliphatic hydroxyl groups excluding tert-OH is 1. The third-order valence-electron chi connectivity index (χ3n) is 2.40. The monoisotopic (exact) mass is 336 g/mol. The highest BCUT2D eigenvalue weighted by Crippen LogP contribution is 2.36. The Morgan fingerprint density at radius 2 is 1.78 bits per heavy atom. The number of hydrogen-bond acceptors (Lipinski definition) is 2. The molecule has 0 aliphatic heterocycles. The number of halogens is 4. The van der Waals surface area contributed by atoms with E-state index in [1.165, 1.54) is 23.5 Å². The van der Waals surface area contributed by atoms with E-state index in [2.05, 4.69) is 15.9 Å². The van der Waals surface area contributed by atoms with Crippen LogP contribution >= 0.6 is 27.3 Å². The number of aliphatic hydroxyl groups is 1. The van der Waals surface area contributed by atoms with Crippen LogP contribution in [-0.4, -0.2) is 5.11 Å². The van der Waals surface area contributed by atoms with Gasteiger partial charge < -0.3 is 5.11 Å². The van der Waals surface area contributed by atoms with Gasteiger partial charge in [0, 0.05) is 14.2 Å². The second kappa shape index (κ2) is 5.03. The van der Waals surface area contributed by atoms with Gasteiger partial charge in [-0.2, -0.15) is 13.2 Å². The van der Waals surface area contributed by atoms with E-state index in [9.17, 15) is 13.2 Å². The van der Waals surface area contributed by atoms with Crippen molar-refractivity contribution in [3.63, 3.8) is 0 Å². The van der Waals surface area contributed by atoms with Crippen molar-refractivity contribution in [2.75, 3.05) is 0 Å². The van der Waals surface area contributed by atoms with Gasteiger partial charge in [0.15, 0.2) is 0 Å². The van der Waals surface area contributed by atoms with E-state index < -0.39 is 11.7 Å². The first kappa shape index (κ1) is 13.6. The van der Waals surface area contributed by atoms with Crippen LogP contribution in [0, 0.1) is 0 Å². The molecule has 18 heavy (non-hydrogen) atoms. The van der Waals surface area contributed by atoms with Crippen LogP contribution in [0.3, 0.4) is 0 Å². The van der Waals surface area contributed by atoms with Gasteiger partial charge in [-0.05, 0) is 39.7 Å². The lowest BCUT2D eigenvalue weighted by atomic mass is 10.1. The van der Waals surface area contributed by atoms with Gasteiger partial charge in [-0.25, -0.2) is 0 Å². The Morgan fingerprint density at radius 3 is 2.22 bits per heavy atom. The molecule has 1 heterocycles. The average Bonchev–Trinajstić information content (AvgIpc) is 2.69. The van der Waals surface area contributed by atoms with Gasteiger partial charge in [0.2, 0.25) is 0 Å². The second-order valence-electron chi connectivity index (χ2n) is 3.61. The first-order valence-electron chi connectivity index (χ1n) is 4.98. The molecule has 1 aromatic heterocycles. The molecule has 0 aliphatic rings. The van der Waals surface area contributed by atoms with Crippen molar-refractivity contribution in [3.05, 3.63) is 45.2 Å². The Labute approximate surface area is 114 Å². The Bertz CT molecular complexity index is 545. The Kier molecular flexibility index (Phi) is 3.79. The molecule has 0 saturated carbocycles. The fourth-order valence-electron chi connectivity index (χ4n) is 1.48. The predicted octanol–water partition coefficient (Wildman–Crippen LogP) is 4.69. The van der Waals surface area contributed by atoms with E-state index in [-0.39, 0.29) is 6.61 Å². The van der Waals surface area contributed by atoms with Crippen molar-refractivity contribution in [3.8, 4) is 10.4 Å². The summed E-state index contributed by atoms with van der Waals surface area (Å²) in [6, 6.07) is 6.77. The fourth-order valence-corrected chi connectivity index (χ4v) is 3.15. The minimum absolute atomic E-state index is 0.0914. The number of hydrogen-bond donors (Lipinski definition) is 1. The predicted molar refractivity (Wildman–Crippen MR) is 68.4 cm³/mol. The van der Waals surface area contributed by atoms with Crippen LogP contribution in [0.4, 0.5) is 13.2 Å². The highest BCUT2D eigenvalue weighted by Gasteiger charge is 2.30. The number of benzene rings is 1. The largest absolute Gasteiger partial charge is 0.416 e. The van der Waals surface area contributed by atoms with Crippen LogP contribution in [0.2, 0.25) is 0 Å². The molecule has 2 aromatic rings. The zero-order chi connectivity index (χ0) is 13.3. The van der Waals surface area contributed by atoms with E-state index in [0.29, 0.717) is 5.56 Å². The molecule has 1 N–H and O–H groups in total. The molecule has 0 fully saturated rings. The van der Waals surface area contributed by atoms with Crippen molar-refractivity contribution >= 4 is 27.3 Å². The van der Waals surface area contributed by atoms with E-state index in [1.54, 1.807) is 6.07 Å². The summed E-state index contributed by atoms with van der Waals surface area (Å²) in [6.45, 7) is -0.0914. The summed E-state index contributed by atoms with van der Waals surface area (Å²) >= 11 is 4.64. The van der Waals surface area contributed by atoms with Gasteiger partial charge in [0.05, 0.1) is 12.2 Å². The minimum Gasteiger partial charge on any atom is -0.391 e. The number of thiophene rings is 1.